The van der Waals surface area contributed by atoms with Crippen molar-refractivity contribution in [3.63, 3.8) is 0 Å². The lowest BCUT2D eigenvalue weighted by molar-refractivity contribution is 1.19. The van der Waals surface area contributed by atoms with Crippen molar-refractivity contribution < 1.29 is 0 Å². The molecular weight excluding hydrogens is 304 g/mol. The van der Waals surface area contributed by atoms with Gasteiger partial charge in [-0.05, 0) is 23.8 Å². The molecule has 0 atom stereocenters. The average Bonchev–Trinajstić information content (AvgIpc) is 2.99. The lowest BCUT2D eigenvalue weighted by Crippen LogP contribution is -1.96. The molecule has 0 spiro atoms. The predicted octanol–water partition coefficient (Wildman–Crippen LogP) is 3.93. The molecule has 2 N–H and O–H groups in total. The van der Waals surface area contributed by atoms with E-state index in [9.17, 15) is 0 Å². The van der Waals surface area contributed by atoms with Crippen LogP contribution in [0, 0.1) is 0 Å². The number of rotatable bonds is 3. The number of nitrogens with zero attached hydrogens (tertiary/aromatic N) is 3. The summed E-state index contributed by atoms with van der Waals surface area (Å²) in [6, 6.07) is 18.1. The van der Waals surface area contributed by atoms with Crippen molar-refractivity contribution in [1.29, 1.82) is 0 Å². The minimum atomic E-state index is 0.506. The van der Waals surface area contributed by atoms with Crippen molar-refractivity contribution >= 4 is 27.4 Å². The van der Waals surface area contributed by atoms with Crippen molar-refractivity contribution in [2.24, 2.45) is 0 Å². The molecule has 0 aliphatic heterocycles. The molecule has 0 radical (unpaired) electrons. The molecule has 0 saturated carbocycles. The quantitative estimate of drug-likeness (QED) is 0.621. The standard InChI is InChI=1S/C18H14N4S/c19-16-14-11-13(10-12-6-2-1-3-7-12)23-18(14)22-17(21-16)15-8-4-5-9-20-15/h1-9,11H,10H2,(H2,19,21,22). The summed E-state index contributed by atoms with van der Waals surface area (Å²) in [6.45, 7) is 0. The second-order valence-corrected chi connectivity index (χ2v) is 6.36. The zero-order chi connectivity index (χ0) is 15.6. The van der Waals surface area contributed by atoms with Crippen LogP contribution in [-0.4, -0.2) is 15.0 Å². The SMILES string of the molecule is Nc1nc(-c2ccccn2)nc2sc(Cc3ccccc3)cc12. The first kappa shape index (κ1) is 13.8. The van der Waals surface area contributed by atoms with Crippen LogP contribution in [0.4, 0.5) is 5.82 Å². The zero-order valence-corrected chi connectivity index (χ0v) is 13.1. The van der Waals surface area contributed by atoms with Gasteiger partial charge >= 0.3 is 0 Å². The van der Waals surface area contributed by atoms with E-state index < -0.39 is 0 Å². The molecule has 0 amide bonds. The molecule has 4 rings (SSSR count). The molecule has 3 heterocycles. The Labute approximate surface area is 137 Å². The maximum Gasteiger partial charge on any atom is 0.181 e. The molecule has 3 aromatic heterocycles. The number of nitrogens with two attached hydrogens (primary N) is 1. The Kier molecular flexibility index (Phi) is 3.48. The highest BCUT2D eigenvalue weighted by atomic mass is 32.1. The minimum Gasteiger partial charge on any atom is -0.383 e. The smallest absolute Gasteiger partial charge is 0.181 e. The molecule has 0 aliphatic rings. The van der Waals surface area contributed by atoms with E-state index in [2.05, 4.69) is 45.3 Å². The van der Waals surface area contributed by atoms with Gasteiger partial charge in [-0.15, -0.1) is 11.3 Å². The third-order valence-corrected chi connectivity index (χ3v) is 4.62. The third-order valence-electron chi connectivity index (χ3n) is 3.59. The first-order chi connectivity index (χ1) is 11.3. The van der Waals surface area contributed by atoms with Crippen LogP contribution in [-0.2, 0) is 6.42 Å². The van der Waals surface area contributed by atoms with Gasteiger partial charge in [0.25, 0.3) is 0 Å². The van der Waals surface area contributed by atoms with E-state index in [1.807, 2.05) is 24.3 Å². The normalized spacial score (nSPS) is 11.0. The fourth-order valence-corrected chi connectivity index (χ4v) is 3.56. The van der Waals surface area contributed by atoms with E-state index in [1.165, 1.54) is 10.4 Å². The Morgan fingerprint density at radius 2 is 1.78 bits per heavy atom. The maximum absolute atomic E-state index is 6.13. The molecule has 4 nitrogen and oxygen atoms in total. The average molecular weight is 318 g/mol. The first-order valence-corrected chi connectivity index (χ1v) is 8.12. The van der Waals surface area contributed by atoms with Gasteiger partial charge < -0.3 is 5.73 Å². The molecule has 1 aromatic carbocycles. The van der Waals surface area contributed by atoms with Crippen LogP contribution in [0.15, 0.2) is 60.8 Å². The summed E-state index contributed by atoms with van der Waals surface area (Å²) >= 11 is 1.66. The number of benzene rings is 1. The predicted molar refractivity (Wildman–Crippen MR) is 94.3 cm³/mol. The number of pyridine rings is 1. The van der Waals surface area contributed by atoms with Crippen LogP contribution in [0.1, 0.15) is 10.4 Å². The van der Waals surface area contributed by atoms with Crippen molar-refractivity contribution in [2.75, 3.05) is 5.73 Å². The van der Waals surface area contributed by atoms with Crippen LogP contribution in [0.25, 0.3) is 21.7 Å². The highest BCUT2D eigenvalue weighted by molar-refractivity contribution is 7.18. The van der Waals surface area contributed by atoms with E-state index in [1.54, 1.807) is 17.5 Å². The van der Waals surface area contributed by atoms with E-state index in [0.29, 0.717) is 11.6 Å². The molecule has 0 fully saturated rings. The van der Waals surface area contributed by atoms with Crippen LogP contribution in [0.2, 0.25) is 0 Å². The minimum absolute atomic E-state index is 0.506. The van der Waals surface area contributed by atoms with Crippen molar-refractivity contribution in [2.45, 2.75) is 6.42 Å². The Morgan fingerprint density at radius 3 is 2.57 bits per heavy atom. The summed E-state index contributed by atoms with van der Waals surface area (Å²) in [5, 5.41) is 0.917. The maximum atomic E-state index is 6.13. The van der Waals surface area contributed by atoms with E-state index >= 15 is 0 Å². The number of aromatic nitrogens is 3. The molecule has 0 aliphatic carbocycles. The van der Waals surface area contributed by atoms with Crippen LogP contribution in [0.5, 0.6) is 0 Å². The van der Waals surface area contributed by atoms with Crippen LogP contribution in [0.3, 0.4) is 0 Å². The summed E-state index contributed by atoms with van der Waals surface area (Å²) in [7, 11) is 0. The lowest BCUT2D eigenvalue weighted by atomic mass is 10.1. The fraction of sp³-hybridized carbons (Fsp3) is 0.0556. The molecule has 0 bridgehead atoms. The fourth-order valence-electron chi connectivity index (χ4n) is 2.49. The number of fused-ring (bicyclic) bond motifs is 1. The van der Waals surface area contributed by atoms with Gasteiger partial charge in [-0.2, -0.15) is 0 Å². The van der Waals surface area contributed by atoms with Gasteiger partial charge in [0.05, 0.1) is 5.39 Å². The summed E-state index contributed by atoms with van der Waals surface area (Å²) in [4.78, 5) is 15.5. The highest BCUT2D eigenvalue weighted by Gasteiger charge is 2.12. The van der Waals surface area contributed by atoms with Crippen molar-refractivity contribution in [1.82, 2.24) is 15.0 Å². The monoisotopic (exact) mass is 318 g/mol. The van der Waals surface area contributed by atoms with E-state index in [0.717, 1.165) is 22.3 Å². The van der Waals surface area contributed by atoms with Crippen LogP contribution >= 0.6 is 11.3 Å². The summed E-state index contributed by atoms with van der Waals surface area (Å²) in [5.41, 5.74) is 8.14. The van der Waals surface area contributed by atoms with Gasteiger partial charge in [0, 0.05) is 17.5 Å². The highest BCUT2D eigenvalue weighted by Crippen LogP contribution is 2.30. The second kappa shape index (κ2) is 5.78. The largest absolute Gasteiger partial charge is 0.383 e. The van der Waals surface area contributed by atoms with Gasteiger partial charge in [-0.3, -0.25) is 4.98 Å². The number of hydrogen-bond acceptors (Lipinski definition) is 5. The molecule has 0 unspecified atom stereocenters. The molecule has 0 saturated heterocycles. The Hall–Kier alpha value is -2.79. The van der Waals surface area contributed by atoms with Crippen molar-refractivity contribution in [3.8, 4) is 11.5 Å². The molecule has 4 aromatic rings. The Balaban J connectivity index is 1.75. The molecule has 112 valence electrons. The van der Waals surface area contributed by atoms with Crippen LogP contribution < -0.4 is 5.73 Å². The zero-order valence-electron chi connectivity index (χ0n) is 12.3. The summed E-state index contributed by atoms with van der Waals surface area (Å²) < 4.78 is 0. The van der Waals surface area contributed by atoms with Gasteiger partial charge in [0.2, 0.25) is 0 Å². The lowest BCUT2D eigenvalue weighted by Gasteiger charge is -2.01. The van der Waals surface area contributed by atoms with Gasteiger partial charge in [-0.1, -0.05) is 36.4 Å². The van der Waals surface area contributed by atoms with Gasteiger partial charge in [0.15, 0.2) is 5.82 Å². The van der Waals surface area contributed by atoms with Gasteiger partial charge in [-0.25, -0.2) is 9.97 Å². The molecule has 23 heavy (non-hydrogen) atoms. The Morgan fingerprint density at radius 1 is 0.957 bits per heavy atom. The third kappa shape index (κ3) is 2.78. The number of thiophene rings is 1. The van der Waals surface area contributed by atoms with E-state index in [4.69, 9.17) is 5.73 Å². The number of anilines is 1. The molecule has 5 heteroatoms. The number of nitrogen functional groups attached to an aromatic ring is 1. The van der Waals surface area contributed by atoms with E-state index in [-0.39, 0.29) is 0 Å². The second-order valence-electron chi connectivity index (χ2n) is 5.24. The summed E-state index contributed by atoms with van der Waals surface area (Å²) in [5.74, 6) is 1.08. The van der Waals surface area contributed by atoms with Gasteiger partial charge in [0.1, 0.15) is 16.3 Å². The topological polar surface area (TPSA) is 64.7 Å². The summed E-state index contributed by atoms with van der Waals surface area (Å²) in [6.07, 6.45) is 2.61. The number of hydrogen-bond donors (Lipinski definition) is 1. The first-order valence-electron chi connectivity index (χ1n) is 7.31. The van der Waals surface area contributed by atoms with Crippen molar-refractivity contribution in [3.05, 3.63) is 71.2 Å². The Bertz CT molecular complexity index is 949. The molecular formula is C18H14N4S.